The van der Waals surface area contributed by atoms with Gasteiger partial charge < -0.3 is 14.2 Å². The molecule has 0 aliphatic heterocycles. The monoisotopic (exact) mass is 480 g/mol. The maximum atomic E-state index is 13.6. The average Bonchev–Trinajstić information content (AvgIpc) is 3.15. The van der Waals surface area contributed by atoms with Crippen LogP contribution in [0.4, 0.5) is 0 Å². The number of aromatic nitrogens is 2. The van der Waals surface area contributed by atoms with Crippen LogP contribution in [0.25, 0.3) is 15.9 Å². The molecule has 0 unspecified atom stereocenters. The summed E-state index contributed by atoms with van der Waals surface area (Å²) in [5.74, 6) is 0.227. The van der Waals surface area contributed by atoms with Crippen molar-refractivity contribution < 1.29 is 19.0 Å². The van der Waals surface area contributed by atoms with Crippen LogP contribution >= 0.6 is 11.3 Å². The Morgan fingerprint density at radius 2 is 1.74 bits per heavy atom. The van der Waals surface area contributed by atoms with Gasteiger partial charge in [0, 0.05) is 10.9 Å². The van der Waals surface area contributed by atoms with E-state index in [1.807, 2.05) is 44.2 Å². The van der Waals surface area contributed by atoms with Crippen molar-refractivity contribution in [2.24, 2.45) is 0 Å². The molecule has 4 aromatic rings. The Hall–Kier alpha value is -3.85. The molecule has 0 aliphatic rings. The number of nitrogens with zero attached hydrogens (tertiary/aromatic N) is 2. The molecule has 176 valence electrons. The van der Waals surface area contributed by atoms with Gasteiger partial charge in [-0.25, -0.2) is 9.36 Å². The molecule has 0 saturated carbocycles. The van der Waals surface area contributed by atoms with E-state index in [4.69, 9.17) is 14.2 Å². The molecule has 2 aromatic heterocycles. The fourth-order valence-electron chi connectivity index (χ4n) is 3.69. The zero-order valence-corrected chi connectivity index (χ0v) is 20.1. The van der Waals surface area contributed by atoms with E-state index in [0.29, 0.717) is 21.7 Å². The van der Waals surface area contributed by atoms with Gasteiger partial charge in [0.15, 0.2) is 0 Å². The molecule has 2 heterocycles. The number of methoxy groups -OCH3 is 2. The molecule has 0 bridgehead atoms. The zero-order chi connectivity index (χ0) is 24.4. The van der Waals surface area contributed by atoms with Crippen LogP contribution in [-0.2, 0) is 22.7 Å². The summed E-state index contributed by atoms with van der Waals surface area (Å²) in [7, 11) is 2.96. The Kier molecular flexibility index (Phi) is 6.56. The number of aryl methyl sites for hydroxylation is 2. The molecule has 34 heavy (non-hydrogen) atoms. The molecule has 0 spiro atoms. The molecular weight excluding hydrogens is 456 g/mol. The molecule has 9 heteroatoms. The second-order valence-corrected chi connectivity index (χ2v) is 8.86. The smallest absolute Gasteiger partial charge is 0.337 e. The quantitative estimate of drug-likeness (QED) is 0.376. The Morgan fingerprint density at radius 1 is 1.00 bits per heavy atom. The number of rotatable bonds is 7. The second-order valence-electron chi connectivity index (χ2n) is 7.66. The van der Waals surface area contributed by atoms with Crippen LogP contribution in [0.15, 0.2) is 58.1 Å². The summed E-state index contributed by atoms with van der Waals surface area (Å²) in [5, 5.41) is 0.385. The third kappa shape index (κ3) is 4.22. The second kappa shape index (κ2) is 9.56. The number of hydrogen-bond donors (Lipinski definition) is 0. The van der Waals surface area contributed by atoms with Crippen molar-refractivity contribution in [2.75, 3.05) is 14.2 Å². The standard InChI is InChI=1S/C25H24N2O6S/c1-15-16(2)34-24-22(15)23(29)27(19-11-10-18(31-3)12-20(19)32-4)25(30)26(24)13-21(28)33-14-17-8-6-5-7-9-17/h5-12H,13-14H2,1-4H3. The van der Waals surface area contributed by atoms with E-state index in [-0.39, 0.29) is 18.8 Å². The largest absolute Gasteiger partial charge is 0.497 e. The van der Waals surface area contributed by atoms with E-state index in [0.717, 1.165) is 20.6 Å². The van der Waals surface area contributed by atoms with Gasteiger partial charge in [0.1, 0.15) is 29.5 Å². The van der Waals surface area contributed by atoms with E-state index in [9.17, 15) is 14.4 Å². The summed E-state index contributed by atoms with van der Waals surface area (Å²) in [4.78, 5) is 41.1. The van der Waals surface area contributed by atoms with Crippen molar-refractivity contribution in [3.8, 4) is 17.2 Å². The lowest BCUT2D eigenvalue weighted by molar-refractivity contribution is -0.145. The number of carbonyl (C=O) groups is 1. The van der Waals surface area contributed by atoms with Gasteiger partial charge in [-0.15, -0.1) is 11.3 Å². The van der Waals surface area contributed by atoms with Crippen LogP contribution in [0.2, 0.25) is 0 Å². The van der Waals surface area contributed by atoms with Crippen molar-refractivity contribution in [3.05, 3.63) is 85.4 Å². The summed E-state index contributed by atoms with van der Waals surface area (Å²) in [6.07, 6.45) is 0. The van der Waals surface area contributed by atoms with Gasteiger partial charge in [0.05, 0.1) is 25.3 Å². The van der Waals surface area contributed by atoms with Gasteiger partial charge in [0.2, 0.25) is 0 Å². The Labute approximate surface area is 199 Å². The molecule has 0 saturated heterocycles. The van der Waals surface area contributed by atoms with E-state index < -0.39 is 17.2 Å². The summed E-state index contributed by atoms with van der Waals surface area (Å²) in [6.45, 7) is 3.46. The van der Waals surface area contributed by atoms with E-state index in [2.05, 4.69) is 0 Å². The summed E-state index contributed by atoms with van der Waals surface area (Å²) in [5.41, 5.74) is 0.731. The highest BCUT2D eigenvalue weighted by Gasteiger charge is 2.23. The van der Waals surface area contributed by atoms with Gasteiger partial charge in [-0.05, 0) is 37.1 Å². The van der Waals surface area contributed by atoms with Crippen molar-refractivity contribution in [2.45, 2.75) is 27.0 Å². The minimum atomic E-state index is -0.654. The van der Waals surface area contributed by atoms with Gasteiger partial charge in [0.25, 0.3) is 5.56 Å². The number of benzene rings is 2. The van der Waals surface area contributed by atoms with Gasteiger partial charge in [-0.3, -0.25) is 14.2 Å². The zero-order valence-electron chi connectivity index (χ0n) is 19.3. The number of hydrogen-bond acceptors (Lipinski definition) is 7. The van der Waals surface area contributed by atoms with Crippen molar-refractivity contribution in [3.63, 3.8) is 0 Å². The van der Waals surface area contributed by atoms with Gasteiger partial charge in [-0.1, -0.05) is 30.3 Å². The highest BCUT2D eigenvalue weighted by molar-refractivity contribution is 7.18. The Morgan fingerprint density at radius 3 is 2.41 bits per heavy atom. The maximum absolute atomic E-state index is 13.6. The molecule has 2 aromatic carbocycles. The number of carbonyl (C=O) groups excluding carboxylic acids is 1. The molecule has 4 rings (SSSR count). The van der Waals surface area contributed by atoms with Crippen molar-refractivity contribution >= 4 is 27.5 Å². The predicted octanol–water partition coefficient (Wildman–Crippen LogP) is 3.59. The van der Waals surface area contributed by atoms with E-state index >= 15 is 0 Å². The number of fused-ring (bicyclic) bond motifs is 1. The highest BCUT2D eigenvalue weighted by Crippen LogP contribution is 2.30. The maximum Gasteiger partial charge on any atom is 0.337 e. The third-order valence-electron chi connectivity index (χ3n) is 5.61. The lowest BCUT2D eigenvalue weighted by atomic mass is 10.2. The average molecular weight is 481 g/mol. The molecule has 0 fully saturated rings. The first-order valence-corrected chi connectivity index (χ1v) is 11.3. The normalized spacial score (nSPS) is 10.9. The van der Waals surface area contributed by atoms with Crippen molar-refractivity contribution in [1.29, 1.82) is 0 Å². The third-order valence-corrected chi connectivity index (χ3v) is 6.84. The van der Waals surface area contributed by atoms with E-state index in [1.165, 1.54) is 30.1 Å². The first-order chi connectivity index (χ1) is 16.3. The Bertz CT molecular complexity index is 1480. The Balaban J connectivity index is 1.84. The minimum absolute atomic E-state index is 0.0893. The number of esters is 1. The summed E-state index contributed by atoms with van der Waals surface area (Å²) < 4.78 is 18.4. The number of thiophene rings is 1. The molecule has 0 amide bonds. The van der Waals surface area contributed by atoms with E-state index in [1.54, 1.807) is 18.2 Å². The molecule has 0 aliphatic carbocycles. The van der Waals surface area contributed by atoms with Crippen LogP contribution < -0.4 is 20.7 Å². The fourth-order valence-corrected chi connectivity index (χ4v) is 4.83. The SMILES string of the molecule is COc1ccc(-n2c(=O)c3c(C)c(C)sc3n(CC(=O)OCc3ccccc3)c2=O)c(OC)c1. The van der Waals surface area contributed by atoms with Gasteiger partial charge >= 0.3 is 11.7 Å². The van der Waals surface area contributed by atoms with Gasteiger partial charge in [-0.2, -0.15) is 0 Å². The lowest BCUT2D eigenvalue weighted by Crippen LogP contribution is -2.40. The van der Waals surface area contributed by atoms with Crippen LogP contribution in [0.1, 0.15) is 16.0 Å². The first-order valence-electron chi connectivity index (χ1n) is 10.5. The fraction of sp³-hybridized carbons (Fsp3) is 0.240. The van der Waals surface area contributed by atoms with Crippen LogP contribution in [0, 0.1) is 13.8 Å². The van der Waals surface area contributed by atoms with Crippen molar-refractivity contribution in [1.82, 2.24) is 9.13 Å². The minimum Gasteiger partial charge on any atom is -0.497 e. The topological polar surface area (TPSA) is 88.8 Å². The van der Waals surface area contributed by atoms with Crippen LogP contribution in [-0.4, -0.2) is 29.3 Å². The molecule has 0 atom stereocenters. The number of ether oxygens (including phenoxy) is 3. The molecule has 0 N–H and O–H groups in total. The highest BCUT2D eigenvalue weighted by atomic mass is 32.1. The van der Waals surface area contributed by atoms with Crippen LogP contribution in [0.5, 0.6) is 11.5 Å². The summed E-state index contributed by atoms with van der Waals surface area (Å²) in [6, 6.07) is 14.1. The predicted molar refractivity (Wildman–Crippen MR) is 130 cm³/mol. The lowest BCUT2D eigenvalue weighted by Gasteiger charge is -2.15. The molecule has 0 radical (unpaired) electrons. The van der Waals surface area contributed by atoms with Crippen LogP contribution in [0.3, 0.4) is 0 Å². The summed E-state index contributed by atoms with van der Waals surface area (Å²) >= 11 is 1.30. The molecule has 8 nitrogen and oxygen atoms in total. The first kappa shape index (κ1) is 23.3. The molecular formula is C25H24N2O6S.